The molecule has 0 fully saturated rings. The van der Waals surface area contributed by atoms with Crippen LogP contribution in [-0.2, 0) is 6.18 Å². The van der Waals surface area contributed by atoms with Gasteiger partial charge in [-0.15, -0.1) is 0 Å². The van der Waals surface area contributed by atoms with Crippen LogP contribution in [0.1, 0.15) is 21.7 Å². The van der Waals surface area contributed by atoms with Crippen LogP contribution in [0, 0.1) is 6.92 Å². The number of anilines is 1. The number of halogens is 3. The second kappa shape index (κ2) is 7.05. The van der Waals surface area contributed by atoms with Crippen molar-refractivity contribution in [1.29, 1.82) is 0 Å². The number of carbonyl (C=O) groups excluding carboxylic acids is 1. The summed E-state index contributed by atoms with van der Waals surface area (Å²) in [6.45, 7) is 1.67. The van der Waals surface area contributed by atoms with Gasteiger partial charge in [0.25, 0.3) is 5.91 Å². The summed E-state index contributed by atoms with van der Waals surface area (Å²) >= 11 is 0. The van der Waals surface area contributed by atoms with Gasteiger partial charge in [-0.25, -0.2) is 4.68 Å². The van der Waals surface area contributed by atoms with E-state index in [1.165, 1.54) is 29.1 Å². The van der Waals surface area contributed by atoms with Gasteiger partial charge in [0.15, 0.2) is 5.69 Å². The molecule has 0 saturated heterocycles. The maximum atomic E-state index is 13.0. The molecular formula is C21H15F3N4O. The summed E-state index contributed by atoms with van der Waals surface area (Å²) in [4.78, 5) is 16.9. The second-order valence-corrected chi connectivity index (χ2v) is 6.50. The Morgan fingerprint density at radius 3 is 2.62 bits per heavy atom. The van der Waals surface area contributed by atoms with Gasteiger partial charge in [0.1, 0.15) is 0 Å². The Labute approximate surface area is 163 Å². The Bertz CT molecular complexity index is 1210. The molecule has 0 aliphatic heterocycles. The minimum Gasteiger partial charge on any atom is -0.319 e. The Morgan fingerprint density at radius 2 is 1.83 bits per heavy atom. The molecule has 2 aromatic heterocycles. The zero-order chi connectivity index (χ0) is 20.6. The summed E-state index contributed by atoms with van der Waals surface area (Å²) in [5.74, 6) is -0.476. The fourth-order valence-corrected chi connectivity index (χ4v) is 3.00. The van der Waals surface area contributed by atoms with Crippen molar-refractivity contribution in [2.75, 3.05) is 5.32 Å². The fraction of sp³-hybridized carbons (Fsp3) is 0.0952. The minimum atomic E-state index is -4.46. The Kier molecular flexibility index (Phi) is 4.54. The van der Waals surface area contributed by atoms with Crippen molar-refractivity contribution >= 4 is 22.5 Å². The van der Waals surface area contributed by atoms with E-state index >= 15 is 0 Å². The average molecular weight is 396 g/mol. The summed E-state index contributed by atoms with van der Waals surface area (Å²) in [5, 5.41) is 7.77. The van der Waals surface area contributed by atoms with E-state index in [9.17, 15) is 18.0 Å². The van der Waals surface area contributed by atoms with E-state index in [1.807, 2.05) is 24.3 Å². The summed E-state index contributed by atoms with van der Waals surface area (Å²) in [6.07, 6.45) is -2.92. The molecule has 1 amide bonds. The number of para-hydroxylation sites is 1. The molecule has 0 aliphatic carbocycles. The van der Waals surface area contributed by atoms with E-state index in [0.29, 0.717) is 11.4 Å². The molecule has 0 unspecified atom stereocenters. The first kappa shape index (κ1) is 18.7. The lowest BCUT2D eigenvalue weighted by Crippen LogP contribution is -2.13. The maximum Gasteiger partial charge on any atom is 0.416 e. The van der Waals surface area contributed by atoms with Crippen LogP contribution in [-0.4, -0.2) is 20.7 Å². The van der Waals surface area contributed by atoms with Gasteiger partial charge >= 0.3 is 6.18 Å². The zero-order valence-electron chi connectivity index (χ0n) is 15.2. The van der Waals surface area contributed by atoms with Crippen LogP contribution < -0.4 is 5.32 Å². The third kappa shape index (κ3) is 3.82. The number of aryl methyl sites for hydroxylation is 1. The van der Waals surface area contributed by atoms with E-state index in [1.54, 1.807) is 13.0 Å². The van der Waals surface area contributed by atoms with Gasteiger partial charge < -0.3 is 5.32 Å². The van der Waals surface area contributed by atoms with E-state index in [-0.39, 0.29) is 11.4 Å². The van der Waals surface area contributed by atoms with Crippen molar-refractivity contribution in [3.05, 3.63) is 83.8 Å². The van der Waals surface area contributed by atoms with E-state index in [2.05, 4.69) is 15.4 Å². The molecule has 5 nitrogen and oxygen atoms in total. The first-order chi connectivity index (χ1) is 13.8. The summed E-state index contributed by atoms with van der Waals surface area (Å²) in [7, 11) is 0. The highest BCUT2D eigenvalue weighted by Crippen LogP contribution is 2.30. The average Bonchev–Trinajstić information content (AvgIpc) is 3.09. The summed E-state index contributed by atoms with van der Waals surface area (Å²) in [6, 6.07) is 15.6. The van der Waals surface area contributed by atoms with Crippen molar-refractivity contribution in [3.63, 3.8) is 0 Å². The first-order valence-corrected chi connectivity index (χ1v) is 8.72. The first-order valence-electron chi connectivity index (χ1n) is 8.72. The molecule has 1 N–H and O–H groups in total. The quantitative estimate of drug-likeness (QED) is 0.530. The zero-order valence-corrected chi connectivity index (χ0v) is 15.2. The van der Waals surface area contributed by atoms with Gasteiger partial charge in [-0.1, -0.05) is 24.3 Å². The largest absolute Gasteiger partial charge is 0.416 e. The number of hydrogen-bond donors (Lipinski definition) is 1. The predicted octanol–water partition coefficient (Wildman–Crippen LogP) is 5.00. The van der Waals surface area contributed by atoms with E-state index < -0.39 is 17.6 Å². The van der Waals surface area contributed by atoms with Crippen LogP contribution in [0.15, 0.2) is 66.9 Å². The van der Waals surface area contributed by atoms with Crippen molar-refractivity contribution in [2.24, 2.45) is 0 Å². The predicted molar refractivity (Wildman–Crippen MR) is 103 cm³/mol. The van der Waals surface area contributed by atoms with Crippen LogP contribution >= 0.6 is 0 Å². The highest BCUT2D eigenvalue weighted by atomic mass is 19.4. The van der Waals surface area contributed by atoms with Crippen LogP contribution in [0.4, 0.5) is 18.9 Å². The van der Waals surface area contributed by atoms with Crippen LogP contribution in [0.2, 0.25) is 0 Å². The molecule has 0 spiro atoms. The maximum absolute atomic E-state index is 13.0. The minimum absolute atomic E-state index is 0.0908. The Balaban J connectivity index is 1.61. The van der Waals surface area contributed by atoms with Gasteiger partial charge in [-0.05, 0) is 43.3 Å². The lowest BCUT2D eigenvalue weighted by molar-refractivity contribution is -0.137. The highest BCUT2D eigenvalue weighted by Gasteiger charge is 2.30. The molecule has 8 heteroatoms. The number of aromatic nitrogens is 3. The van der Waals surface area contributed by atoms with Crippen molar-refractivity contribution < 1.29 is 18.0 Å². The van der Waals surface area contributed by atoms with Gasteiger partial charge in [0.05, 0.1) is 28.7 Å². The molecule has 29 heavy (non-hydrogen) atoms. The molecule has 2 aromatic carbocycles. The number of rotatable bonds is 3. The van der Waals surface area contributed by atoms with Gasteiger partial charge in [0, 0.05) is 11.1 Å². The molecule has 0 aliphatic rings. The molecule has 2 heterocycles. The number of benzene rings is 2. The topological polar surface area (TPSA) is 59.8 Å². The number of alkyl halides is 3. The standard InChI is InChI=1S/C21H15F3N4O/c1-13-9-19(27-28(13)17-7-4-6-15(11-17)21(22,23)24)20(29)26-16-10-14-5-2-3-8-18(14)25-12-16/h2-12H,1H3,(H,26,29). The molecule has 146 valence electrons. The lowest BCUT2D eigenvalue weighted by atomic mass is 10.2. The number of hydrogen-bond acceptors (Lipinski definition) is 3. The number of carbonyl (C=O) groups is 1. The van der Waals surface area contributed by atoms with Gasteiger partial charge in [-0.2, -0.15) is 18.3 Å². The number of amides is 1. The van der Waals surface area contributed by atoms with Crippen LogP contribution in [0.25, 0.3) is 16.6 Å². The van der Waals surface area contributed by atoms with Crippen molar-refractivity contribution in [2.45, 2.75) is 13.1 Å². The molecule has 4 rings (SSSR count). The van der Waals surface area contributed by atoms with E-state index in [4.69, 9.17) is 0 Å². The SMILES string of the molecule is Cc1cc(C(=O)Nc2cnc3ccccc3c2)nn1-c1cccc(C(F)(F)F)c1. The molecule has 0 atom stereocenters. The van der Waals surface area contributed by atoms with Gasteiger partial charge in [-0.3, -0.25) is 9.78 Å². The smallest absolute Gasteiger partial charge is 0.319 e. The number of nitrogens with zero attached hydrogens (tertiary/aromatic N) is 3. The van der Waals surface area contributed by atoms with Crippen LogP contribution in [0.5, 0.6) is 0 Å². The number of fused-ring (bicyclic) bond motifs is 1. The van der Waals surface area contributed by atoms with Crippen molar-refractivity contribution in [3.8, 4) is 5.69 Å². The van der Waals surface area contributed by atoms with Gasteiger partial charge in [0.2, 0.25) is 0 Å². The molecule has 0 bridgehead atoms. The normalized spacial score (nSPS) is 11.6. The Hall–Kier alpha value is -3.68. The van der Waals surface area contributed by atoms with Crippen molar-refractivity contribution in [1.82, 2.24) is 14.8 Å². The highest BCUT2D eigenvalue weighted by molar-refractivity contribution is 6.03. The second-order valence-electron chi connectivity index (χ2n) is 6.50. The molecule has 0 radical (unpaired) electrons. The summed E-state index contributed by atoms with van der Waals surface area (Å²) < 4.78 is 40.2. The number of pyridine rings is 1. The number of nitrogens with one attached hydrogen (secondary N) is 1. The monoisotopic (exact) mass is 396 g/mol. The van der Waals surface area contributed by atoms with Crippen LogP contribution in [0.3, 0.4) is 0 Å². The Morgan fingerprint density at radius 1 is 1.03 bits per heavy atom. The third-order valence-electron chi connectivity index (χ3n) is 4.39. The molecular weight excluding hydrogens is 381 g/mol. The summed E-state index contributed by atoms with van der Waals surface area (Å²) in [5.41, 5.74) is 1.37. The molecule has 0 saturated carbocycles. The van der Waals surface area contributed by atoms with E-state index in [0.717, 1.165) is 23.0 Å². The molecule has 4 aromatic rings. The fourth-order valence-electron chi connectivity index (χ4n) is 3.00. The lowest BCUT2D eigenvalue weighted by Gasteiger charge is -2.09. The third-order valence-corrected chi connectivity index (χ3v) is 4.39.